The fourth-order valence-electron chi connectivity index (χ4n) is 5.38. The van der Waals surface area contributed by atoms with Gasteiger partial charge in [0.05, 0.1) is 11.0 Å². The number of pyridine rings is 1. The van der Waals surface area contributed by atoms with Crippen LogP contribution >= 0.6 is 11.3 Å². The van der Waals surface area contributed by atoms with Crippen molar-refractivity contribution in [3.8, 4) is 5.69 Å². The zero-order chi connectivity index (χ0) is 21.5. The molecule has 0 unspecified atom stereocenters. The summed E-state index contributed by atoms with van der Waals surface area (Å²) in [4.78, 5) is 4.26. The maximum atomic E-state index is 6.65. The molecule has 0 N–H and O–H groups in total. The number of hydrogen-bond acceptors (Lipinski definition) is 3. The van der Waals surface area contributed by atoms with E-state index in [1.165, 1.54) is 41.8 Å². The molecular weight excluding hydrogens is 424 g/mol. The van der Waals surface area contributed by atoms with Crippen molar-refractivity contribution in [1.29, 1.82) is 0 Å². The molecule has 0 atom stereocenters. The Kier molecular flexibility index (Phi) is 3.28. The van der Waals surface area contributed by atoms with Crippen LogP contribution in [0.4, 0.5) is 0 Å². The molecule has 33 heavy (non-hydrogen) atoms. The second-order valence-electron chi connectivity index (χ2n) is 8.39. The van der Waals surface area contributed by atoms with E-state index in [2.05, 4.69) is 88.4 Å². The summed E-state index contributed by atoms with van der Waals surface area (Å²) in [6.45, 7) is 0. The lowest BCUT2D eigenvalue weighted by Crippen LogP contribution is -1.94. The van der Waals surface area contributed by atoms with Gasteiger partial charge in [-0.25, -0.2) is 0 Å². The van der Waals surface area contributed by atoms with E-state index < -0.39 is 0 Å². The Hall–Kier alpha value is -4.15. The highest BCUT2D eigenvalue weighted by atomic mass is 32.1. The summed E-state index contributed by atoms with van der Waals surface area (Å²) in [5.41, 5.74) is 5.23. The quantitative estimate of drug-likeness (QED) is 0.256. The molecular formula is C29H16N2OS. The maximum Gasteiger partial charge on any atom is 0.160 e. The molecule has 0 aliphatic rings. The summed E-state index contributed by atoms with van der Waals surface area (Å²) in [6.07, 6.45) is 3.70. The summed E-state index contributed by atoms with van der Waals surface area (Å²) in [7, 11) is 0. The van der Waals surface area contributed by atoms with Crippen LogP contribution in [0.5, 0.6) is 0 Å². The molecule has 154 valence electrons. The van der Waals surface area contributed by atoms with Crippen LogP contribution in [-0.4, -0.2) is 9.55 Å². The lowest BCUT2D eigenvalue weighted by atomic mass is 10.0. The number of para-hydroxylation sites is 2. The first-order valence-electron chi connectivity index (χ1n) is 11.0. The van der Waals surface area contributed by atoms with Gasteiger partial charge in [-0.05, 0) is 30.3 Å². The third-order valence-corrected chi connectivity index (χ3v) is 7.87. The topological polar surface area (TPSA) is 31.0 Å². The van der Waals surface area contributed by atoms with Crippen molar-refractivity contribution in [2.45, 2.75) is 0 Å². The fourth-order valence-corrected chi connectivity index (χ4v) is 6.65. The third-order valence-electron chi connectivity index (χ3n) is 6.68. The molecule has 0 bridgehead atoms. The molecule has 0 spiro atoms. The molecule has 0 fully saturated rings. The first kappa shape index (κ1) is 17.4. The van der Waals surface area contributed by atoms with Gasteiger partial charge in [-0.15, -0.1) is 11.3 Å². The van der Waals surface area contributed by atoms with Crippen LogP contribution in [0, 0.1) is 0 Å². The zero-order valence-corrected chi connectivity index (χ0v) is 18.3. The lowest BCUT2D eigenvalue weighted by Gasteiger charge is -2.08. The number of rotatable bonds is 1. The van der Waals surface area contributed by atoms with Crippen molar-refractivity contribution < 1.29 is 4.42 Å². The highest BCUT2D eigenvalue weighted by Gasteiger charge is 2.24. The van der Waals surface area contributed by atoms with Crippen molar-refractivity contribution in [1.82, 2.24) is 9.55 Å². The molecule has 8 rings (SSSR count). The van der Waals surface area contributed by atoms with Crippen molar-refractivity contribution in [3.05, 3.63) is 97.3 Å². The van der Waals surface area contributed by atoms with Gasteiger partial charge in [-0.3, -0.25) is 4.98 Å². The Balaban J connectivity index is 1.80. The van der Waals surface area contributed by atoms with Crippen LogP contribution in [0.3, 0.4) is 0 Å². The Morgan fingerprint density at radius 1 is 0.667 bits per heavy atom. The summed E-state index contributed by atoms with van der Waals surface area (Å²) >= 11 is 1.87. The Morgan fingerprint density at radius 3 is 2.27 bits per heavy atom. The van der Waals surface area contributed by atoms with E-state index in [9.17, 15) is 0 Å². The van der Waals surface area contributed by atoms with Gasteiger partial charge >= 0.3 is 0 Å². The van der Waals surface area contributed by atoms with E-state index in [1.807, 2.05) is 29.8 Å². The summed E-state index contributed by atoms with van der Waals surface area (Å²) in [5, 5.41) is 7.43. The number of nitrogens with zero attached hydrogens (tertiary/aromatic N) is 2. The van der Waals surface area contributed by atoms with E-state index >= 15 is 0 Å². The van der Waals surface area contributed by atoms with Gasteiger partial charge in [0.15, 0.2) is 5.58 Å². The van der Waals surface area contributed by atoms with Gasteiger partial charge in [0.25, 0.3) is 0 Å². The van der Waals surface area contributed by atoms with Crippen molar-refractivity contribution in [2.24, 2.45) is 0 Å². The van der Waals surface area contributed by atoms with E-state index in [-0.39, 0.29) is 0 Å². The van der Waals surface area contributed by atoms with Crippen molar-refractivity contribution in [2.75, 3.05) is 0 Å². The molecule has 8 aromatic rings. The zero-order valence-electron chi connectivity index (χ0n) is 17.4. The third kappa shape index (κ3) is 2.16. The van der Waals surface area contributed by atoms with Gasteiger partial charge < -0.3 is 8.98 Å². The number of aromatic nitrogens is 2. The van der Waals surface area contributed by atoms with Crippen LogP contribution in [0.1, 0.15) is 0 Å². The molecule has 4 heteroatoms. The molecule has 0 aliphatic carbocycles. The van der Waals surface area contributed by atoms with E-state index in [0.29, 0.717) is 0 Å². The van der Waals surface area contributed by atoms with Crippen molar-refractivity contribution in [3.63, 3.8) is 0 Å². The summed E-state index contributed by atoms with van der Waals surface area (Å²) < 4.78 is 11.6. The minimum absolute atomic E-state index is 0.920. The maximum absolute atomic E-state index is 6.65. The highest BCUT2D eigenvalue weighted by Crippen LogP contribution is 2.50. The number of benzene rings is 4. The standard InChI is InChI=1S/C29H16N2OS/c1-4-10-21-18(7-1)26-27(31(21)17-13-15-30-16-14-17)28-24(19-8-2-5-11-22(19)32-28)25-20-9-3-6-12-23(20)33-29(25)26/h1-16H. The number of furan rings is 1. The Labute approximate surface area is 192 Å². The number of thiophene rings is 1. The van der Waals surface area contributed by atoms with Gasteiger partial charge in [-0.1, -0.05) is 54.6 Å². The van der Waals surface area contributed by atoms with Gasteiger partial charge in [0.2, 0.25) is 0 Å². The second kappa shape index (κ2) is 6.21. The van der Waals surface area contributed by atoms with E-state index in [0.717, 1.165) is 27.8 Å². The Morgan fingerprint density at radius 2 is 1.39 bits per heavy atom. The van der Waals surface area contributed by atoms with Crippen LogP contribution in [0.2, 0.25) is 0 Å². The molecule has 0 saturated heterocycles. The lowest BCUT2D eigenvalue weighted by molar-refractivity contribution is 0.671. The Bertz CT molecular complexity index is 2030. The summed E-state index contributed by atoms with van der Waals surface area (Å²) in [5.74, 6) is 0. The van der Waals surface area contributed by atoms with Crippen molar-refractivity contribution >= 4 is 75.3 Å². The SMILES string of the molecule is c1ccc2c(c1)oc1c2c2c3ccccc3sc2c2c3ccccc3n(-c3ccncc3)c12. The number of fused-ring (bicyclic) bond motifs is 12. The minimum Gasteiger partial charge on any atom is -0.454 e. The molecule has 0 saturated carbocycles. The minimum atomic E-state index is 0.920. The molecule has 0 radical (unpaired) electrons. The molecule has 4 aromatic heterocycles. The van der Waals surface area contributed by atoms with Crippen LogP contribution in [0.25, 0.3) is 69.6 Å². The largest absolute Gasteiger partial charge is 0.454 e. The predicted octanol–water partition coefficient (Wildman–Crippen LogP) is 8.45. The normalized spacial score (nSPS) is 12.2. The van der Waals surface area contributed by atoms with Gasteiger partial charge in [0.1, 0.15) is 5.58 Å². The fraction of sp³-hybridized carbons (Fsp3) is 0. The molecule has 4 heterocycles. The second-order valence-corrected chi connectivity index (χ2v) is 9.44. The predicted molar refractivity (Wildman–Crippen MR) is 139 cm³/mol. The van der Waals surface area contributed by atoms with Crippen LogP contribution in [-0.2, 0) is 0 Å². The monoisotopic (exact) mass is 440 g/mol. The first-order valence-corrected chi connectivity index (χ1v) is 11.8. The average Bonchev–Trinajstić information content (AvgIpc) is 3.53. The van der Waals surface area contributed by atoms with Gasteiger partial charge in [-0.2, -0.15) is 0 Å². The average molecular weight is 441 g/mol. The summed E-state index contributed by atoms with van der Waals surface area (Å²) in [6, 6.07) is 29.9. The first-order chi connectivity index (χ1) is 16.4. The molecule has 4 aromatic carbocycles. The van der Waals surface area contributed by atoms with E-state index in [4.69, 9.17) is 4.42 Å². The molecule has 0 amide bonds. The van der Waals surface area contributed by atoms with Crippen LogP contribution < -0.4 is 0 Å². The highest BCUT2D eigenvalue weighted by molar-refractivity contribution is 7.27. The number of hydrogen-bond donors (Lipinski definition) is 0. The van der Waals surface area contributed by atoms with Crippen LogP contribution in [0.15, 0.2) is 102 Å². The smallest absolute Gasteiger partial charge is 0.160 e. The molecule has 3 nitrogen and oxygen atoms in total. The van der Waals surface area contributed by atoms with E-state index in [1.54, 1.807) is 0 Å². The molecule has 0 aliphatic heterocycles. The van der Waals surface area contributed by atoms with Gasteiger partial charge in [0, 0.05) is 59.8 Å².